The Morgan fingerprint density at radius 3 is 2.58 bits per heavy atom. The molecule has 1 aromatic rings. The van der Waals surface area contributed by atoms with Gasteiger partial charge in [0.05, 0.1) is 13.5 Å². The number of methoxy groups -OCH3 is 1. The fourth-order valence-corrected chi connectivity index (χ4v) is 2.72. The highest BCUT2D eigenvalue weighted by Gasteiger charge is 2.04. The van der Waals surface area contributed by atoms with Gasteiger partial charge in [-0.15, -0.1) is 23.4 Å². The summed E-state index contributed by atoms with van der Waals surface area (Å²) in [5.41, 5.74) is 1.18. The molecule has 0 heterocycles. The van der Waals surface area contributed by atoms with E-state index in [1.807, 2.05) is 0 Å². The van der Waals surface area contributed by atoms with Gasteiger partial charge in [0.2, 0.25) is 0 Å². The minimum atomic E-state index is -0.164. The molecule has 0 aliphatic heterocycles. The summed E-state index contributed by atoms with van der Waals surface area (Å²) in [5, 5.41) is 0. The first-order valence-corrected chi connectivity index (χ1v) is 7.83. The number of rotatable bonds is 8. The number of carbonyl (C=O) groups is 1. The lowest BCUT2D eigenvalue weighted by Crippen LogP contribution is -2.24. The lowest BCUT2D eigenvalue weighted by atomic mass is 10.3. The van der Waals surface area contributed by atoms with E-state index in [1.54, 1.807) is 11.8 Å². The Kier molecular flexibility index (Phi) is 7.75. The molecule has 0 N–H and O–H groups in total. The van der Waals surface area contributed by atoms with Gasteiger partial charge in [-0.3, -0.25) is 4.79 Å². The van der Waals surface area contributed by atoms with Crippen LogP contribution >= 0.6 is 23.4 Å². The largest absolute Gasteiger partial charge is 0.469 e. The van der Waals surface area contributed by atoms with Gasteiger partial charge in [0.15, 0.2) is 0 Å². The molecular formula is C14H20ClNO2S. The van der Waals surface area contributed by atoms with Gasteiger partial charge >= 0.3 is 5.97 Å². The molecule has 0 amide bonds. The van der Waals surface area contributed by atoms with Crippen LogP contribution in [0.5, 0.6) is 0 Å². The van der Waals surface area contributed by atoms with E-state index in [1.165, 1.54) is 12.8 Å². The number of esters is 1. The minimum Gasteiger partial charge on any atom is -0.469 e. The quantitative estimate of drug-likeness (QED) is 0.418. The molecule has 19 heavy (non-hydrogen) atoms. The van der Waals surface area contributed by atoms with Crippen molar-refractivity contribution >= 4 is 35.0 Å². The van der Waals surface area contributed by atoms with E-state index in [0.717, 1.165) is 23.7 Å². The van der Waals surface area contributed by atoms with Crippen LogP contribution in [0.15, 0.2) is 29.2 Å². The Hall–Kier alpha value is -0.870. The molecule has 1 rings (SSSR count). The van der Waals surface area contributed by atoms with Crippen LogP contribution in [-0.4, -0.2) is 37.8 Å². The lowest BCUT2D eigenvalue weighted by molar-refractivity contribution is -0.140. The van der Waals surface area contributed by atoms with Crippen molar-refractivity contribution in [2.45, 2.75) is 18.2 Å². The number of nitrogens with zero attached hydrogens (tertiary/aromatic N) is 1. The van der Waals surface area contributed by atoms with Crippen LogP contribution in [0.4, 0.5) is 5.69 Å². The van der Waals surface area contributed by atoms with Crippen molar-refractivity contribution in [1.29, 1.82) is 0 Å². The van der Waals surface area contributed by atoms with Crippen molar-refractivity contribution in [3.05, 3.63) is 24.3 Å². The molecule has 0 aliphatic rings. The fraction of sp³-hybridized carbons (Fsp3) is 0.500. The Labute approximate surface area is 124 Å². The third-order valence-electron chi connectivity index (χ3n) is 2.74. The molecule has 0 spiro atoms. The normalized spacial score (nSPS) is 10.3. The highest BCUT2D eigenvalue weighted by molar-refractivity contribution is 7.99. The molecule has 5 heteroatoms. The number of hydrogen-bond donors (Lipinski definition) is 0. The van der Waals surface area contributed by atoms with Gasteiger partial charge < -0.3 is 9.64 Å². The average molecular weight is 302 g/mol. The van der Waals surface area contributed by atoms with E-state index in [4.69, 9.17) is 11.6 Å². The van der Waals surface area contributed by atoms with E-state index < -0.39 is 0 Å². The number of carbonyl (C=O) groups excluding carboxylic acids is 1. The second kappa shape index (κ2) is 9.10. The number of halogens is 1. The predicted octanol–water partition coefficient (Wildman–Crippen LogP) is 3.41. The molecule has 0 saturated heterocycles. The maximum atomic E-state index is 11.0. The van der Waals surface area contributed by atoms with Crippen LogP contribution in [0, 0.1) is 0 Å². The second-order valence-electron chi connectivity index (χ2n) is 3.94. The second-order valence-corrected chi connectivity index (χ2v) is 5.48. The SMILES string of the molecule is CCN(CCCl)c1ccc(SCCC(=O)OC)cc1. The smallest absolute Gasteiger partial charge is 0.306 e. The zero-order chi connectivity index (χ0) is 14.1. The zero-order valence-electron chi connectivity index (χ0n) is 11.4. The van der Waals surface area contributed by atoms with Crippen molar-refractivity contribution in [3.8, 4) is 0 Å². The van der Waals surface area contributed by atoms with E-state index in [9.17, 15) is 4.79 Å². The minimum absolute atomic E-state index is 0.164. The molecule has 106 valence electrons. The molecule has 0 fully saturated rings. The molecule has 1 aromatic carbocycles. The molecule has 0 radical (unpaired) electrons. The Morgan fingerprint density at radius 2 is 2.05 bits per heavy atom. The van der Waals surface area contributed by atoms with E-state index in [-0.39, 0.29) is 5.97 Å². The third-order valence-corrected chi connectivity index (χ3v) is 3.92. The summed E-state index contributed by atoms with van der Waals surface area (Å²) in [4.78, 5) is 14.4. The van der Waals surface area contributed by atoms with Crippen molar-refractivity contribution < 1.29 is 9.53 Å². The lowest BCUT2D eigenvalue weighted by Gasteiger charge is -2.22. The summed E-state index contributed by atoms with van der Waals surface area (Å²) >= 11 is 7.44. The predicted molar refractivity (Wildman–Crippen MR) is 82.4 cm³/mol. The summed E-state index contributed by atoms with van der Waals surface area (Å²) in [6.07, 6.45) is 0.441. The first-order chi connectivity index (χ1) is 9.21. The topological polar surface area (TPSA) is 29.5 Å². The monoisotopic (exact) mass is 301 g/mol. The number of benzene rings is 1. The van der Waals surface area contributed by atoms with Gasteiger partial charge in [0.1, 0.15) is 0 Å². The summed E-state index contributed by atoms with van der Waals surface area (Å²) in [7, 11) is 1.41. The molecule has 0 aromatic heterocycles. The van der Waals surface area contributed by atoms with Gasteiger partial charge in [-0.25, -0.2) is 0 Å². The third kappa shape index (κ3) is 5.74. The molecule has 0 aliphatic carbocycles. The summed E-state index contributed by atoms with van der Waals surface area (Å²) in [6, 6.07) is 8.34. The molecular weight excluding hydrogens is 282 g/mol. The fourth-order valence-electron chi connectivity index (χ4n) is 1.68. The number of anilines is 1. The number of ether oxygens (including phenoxy) is 1. The van der Waals surface area contributed by atoms with Crippen molar-refractivity contribution in [2.75, 3.05) is 36.7 Å². The standard InChI is InChI=1S/C14H20ClNO2S/c1-3-16(10-9-15)12-4-6-13(7-5-12)19-11-8-14(17)18-2/h4-7H,3,8-11H2,1-2H3. The average Bonchev–Trinajstić information content (AvgIpc) is 2.45. The number of alkyl halides is 1. The van der Waals surface area contributed by atoms with Gasteiger partial charge in [-0.05, 0) is 31.2 Å². The Morgan fingerprint density at radius 1 is 1.37 bits per heavy atom. The van der Waals surface area contributed by atoms with Gasteiger partial charge in [0, 0.05) is 35.3 Å². The van der Waals surface area contributed by atoms with Crippen molar-refractivity contribution in [1.82, 2.24) is 0 Å². The first kappa shape index (κ1) is 16.2. The maximum Gasteiger partial charge on any atom is 0.306 e. The molecule has 3 nitrogen and oxygen atoms in total. The highest BCUT2D eigenvalue weighted by atomic mass is 35.5. The molecule has 0 atom stereocenters. The summed E-state index contributed by atoms with van der Waals surface area (Å²) in [5.74, 6) is 1.21. The van der Waals surface area contributed by atoms with E-state index in [0.29, 0.717) is 12.3 Å². The molecule has 0 saturated carbocycles. The number of hydrogen-bond acceptors (Lipinski definition) is 4. The van der Waals surface area contributed by atoms with Gasteiger partial charge in [0.25, 0.3) is 0 Å². The van der Waals surface area contributed by atoms with Crippen LogP contribution < -0.4 is 4.90 Å². The van der Waals surface area contributed by atoms with Gasteiger partial charge in [-0.2, -0.15) is 0 Å². The first-order valence-electron chi connectivity index (χ1n) is 6.31. The van der Waals surface area contributed by atoms with E-state index >= 15 is 0 Å². The van der Waals surface area contributed by atoms with Crippen LogP contribution in [-0.2, 0) is 9.53 Å². The summed E-state index contributed by atoms with van der Waals surface area (Å²) < 4.78 is 4.61. The Balaban J connectivity index is 2.49. The number of thioether (sulfide) groups is 1. The highest BCUT2D eigenvalue weighted by Crippen LogP contribution is 2.23. The maximum absolute atomic E-state index is 11.0. The molecule has 0 bridgehead atoms. The van der Waals surface area contributed by atoms with Crippen LogP contribution in [0.25, 0.3) is 0 Å². The zero-order valence-corrected chi connectivity index (χ0v) is 13.0. The molecule has 0 unspecified atom stereocenters. The van der Waals surface area contributed by atoms with E-state index in [2.05, 4.69) is 40.8 Å². The van der Waals surface area contributed by atoms with Crippen LogP contribution in [0.3, 0.4) is 0 Å². The van der Waals surface area contributed by atoms with Crippen molar-refractivity contribution in [3.63, 3.8) is 0 Å². The van der Waals surface area contributed by atoms with Gasteiger partial charge in [-0.1, -0.05) is 0 Å². The Bertz CT molecular complexity index is 384. The van der Waals surface area contributed by atoms with Crippen molar-refractivity contribution in [2.24, 2.45) is 0 Å². The van der Waals surface area contributed by atoms with Crippen LogP contribution in [0.2, 0.25) is 0 Å². The van der Waals surface area contributed by atoms with Crippen LogP contribution in [0.1, 0.15) is 13.3 Å². The summed E-state index contributed by atoms with van der Waals surface area (Å²) in [6.45, 7) is 3.92.